The Morgan fingerprint density at radius 3 is 2.45 bits per heavy atom. The van der Waals surface area contributed by atoms with Crippen molar-refractivity contribution in [3.8, 4) is 0 Å². The average molecular weight is 285 g/mol. The predicted molar refractivity (Wildman–Crippen MR) is 68.2 cm³/mol. The van der Waals surface area contributed by atoms with Crippen molar-refractivity contribution in [1.82, 2.24) is 9.88 Å². The Hall–Kier alpha value is -2.05. The molecule has 0 spiro atoms. The second-order valence-corrected chi connectivity index (χ2v) is 4.38. The number of nitrogens with zero attached hydrogens (tertiary/aromatic N) is 3. The number of rotatable bonds is 2. The van der Waals surface area contributed by atoms with Gasteiger partial charge in [0, 0.05) is 44.5 Å². The van der Waals surface area contributed by atoms with Crippen LogP contribution in [0, 0.1) is 0 Å². The first kappa shape index (κ1) is 14.4. The number of aromatic nitrogens is 1. The van der Waals surface area contributed by atoms with Crippen LogP contribution in [-0.2, 0) is 4.79 Å². The number of anilines is 1. The zero-order valence-corrected chi connectivity index (χ0v) is 10.7. The van der Waals surface area contributed by atoms with Gasteiger partial charge in [-0.15, -0.1) is 0 Å². The molecule has 0 bridgehead atoms. The summed E-state index contributed by atoms with van der Waals surface area (Å²) in [5, 5.41) is 0. The number of hydrogen-bond acceptors (Lipinski definition) is 3. The summed E-state index contributed by atoms with van der Waals surface area (Å²) in [6.45, 7) is 1.89. The van der Waals surface area contributed by atoms with Crippen molar-refractivity contribution in [1.29, 1.82) is 0 Å². The maximum Gasteiger partial charge on any atom is 0.409 e. The highest BCUT2D eigenvalue weighted by molar-refractivity contribution is 5.87. The summed E-state index contributed by atoms with van der Waals surface area (Å²) in [4.78, 5) is 19.2. The van der Waals surface area contributed by atoms with E-state index >= 15 is 0 Å². The molecule has 1 saturated heterocycles. The van der Waals surface area contributed by atoms with Crippen molar-refractivity contribution in [3.63, 3.8) is 0 Å². The van der Waals surface area contributed by atoms with E-state index in [4.69, 9.17) is 0 Å². The Bertz CT molecular complexity index is 479. The number of halogens is 3. The van der Waals surface area contributed by atoms with Gasteiger partial charge in [-0.1, -0.05) is 6.07 Å². The first-order valence-corrected chi connectivity index (χ1v) is 6.16. The molecule has 0 N–H and O–H groups in total. The molecule has 0 atom stereocenters. The van der Waals surface area contributed by atoms with E-state index in [9.17, 15) is 18.0 Å². The topological polar surface area (TPSA) is 36.4 Å². The summed E-state index contributed by atoms with van der Waals surface area (Å²) < 4.78 is 36.0. The molecule has 0 aliphatic carbocycles. The van der Waals surface area contributed by atoms with Gasteiger partial charge in [-0.25, -0.2) is 4.98 Å². The number of amides is 1. The molecule has 1 amide bonds. The second-order valence-electron chi connectivity index (χ2n) is 4.38. The van der Waals surface area contributed by atoms with Crippen molar-refractivity contribution in [2.75, 3.05) is 31.1 Å². The Labute approximate surface area is 114 Å². The molecule has 0 unspecified atom stereocenters. The largest absolute Gasteiger partial charge is 0.409 e. The van der Waals surface area contributed by atoms with Crippen LogP contribution in [0.2, 0.25) is 0 Å². The Balaban J connectivity index is 1.88. The zero-order valence-electron chi connectivity index (χ0n) is 10.7. The SMILES string of the molecule is O=C(C=CC(F)(F)F)N1CCN(c2ccccn2)CC1. The molecule has 1 aliphatic heterocycles. The van der Waals surface area contributed by atoms with Gasteiger partial charge >= 0.3 is 6.18 Å². The third-order valence-electron chi connectivity index (χ3n) is 2.98. The van der Waals surface area contributed by atoms with Crippen molar-refractivity contribution < 1.29 is 18.0 Å². The number of carbonyl (C=O) groups excluding carboxylic acids is 1. The van der Waals surface area contributed by atoms with Crippen LogP contribution in [0.25, 0.3) is 0 Å². The molecule has 0 saturated carbocycles. The zero-order chi connectivity index (χ0) is 14.6. The number of allylic oxidation sites excluding steroid dienone is 1. The summed E-state index contributed by atoms with van der Waals surface area (Å²) in [6.07, 6.45) is -2.22. The molecule has 1 fully saturated rings. The van der Waals surface area contributed by atoms with Crippen LogP contribution in [0.3, 0.4) is 0 Å². The maximum atomic E-state index is 12.0. The van der Waals surface area contributed by atoms with E-state index in [0.717, 1.165) is 5.82 Å². The maximum absolute atomic E-state index is 12.0. The molecule has 20 heavy (non-hydrogen) atoms. The van der Waals surface area contributed by atoms with Crippen molar-refractivity contribution >= 4 is 11.7 Å². The van der Waals surface area contributed by atoms with Gasteiger partial charge in [0.2, 0.25) is 5.91 Å². The Kier molecular flexibility index (Phi) is 4.26. The number of carbonyl (C=O) groups is 1. The fraction of sp³-hybridized carbons (Fsp3) is 0.385. The minimum atomic E-state index is -4.45. The lowest BCUT2D eigenvalue weighted by Gasteiger charge is -2.34. The molecule has 1 aromatic heterocycles. The summed E-state index contributed by atoms with van der Waals surface area (Å²) in [6, 6.07) is 5.54. The van der Waals surface area contributed by atoms with Crippen molar-refractivity contribution in [2.45, 2.75) is 6.18 Å². The van der Waals surface area contributed by atoms with E-state index in [2.05, 4.69) is 4.98 Å². The van der Waals surface area contributed by atoms with Crippen LogP contribution in [0.4, 0.5) is 19.0 Å². The quantitative estimate of drug-likeness (QED) is 0.778. The second kappa shape index (κ2) is 5.94. The summed E-state index contributed by atoms with van der Waals surface area (Å²) in [5.41, 5.74) is 0. The van der Waals surface area contributed by atoms with Gasteiger partial charge in [0.15, 0.2) is 0 Å². The lowest BCUT2D eigenvalue weighted by Crippen LogP contribution is -2.48. The normalized spacial score (nSPS) is 16.8. The number of hydrogen-bond donors (Lipinski definition) is 0. The number of pyridine rings is 1. The molecule has 1 aromatic rings. The molecular formula is C13H14F3N3O. The molecular weight excluding hydrogens is 271 g/mol. The van der Waals surface area contributed by atoms with Crippen LogP contribution in [0.5, 0.6) is 0 Å². The highest BCUT2D eigenvalue weighted by atomic mass is 19.4. The van der Waals surface area contributed by atoms with E-state index in [1.807, 2.05) is 23.1 Å². The van der Waals surface area contributed by atoms with Crippen LogP contribution in [0.15, 0.2) is 36.5 Å². The van der Waals surface area contributed by atoms with Gasteiger partial charge in [-0.3, -0.25) is 4.79 Å². The van der Waals surface area contributed by atoms with Crippen LogP contribution >= 0.6 is 0 Å². The summed E-state index contributed by atoms with van der Waals surface area (Å²) >= 11 is 0. The number of piperazine rings is 1. The highest BCUT2D eigenvalue weighted by Crippen LogP contribution is 2.17. The average Bonchev–Trinajstić information content (AvgIpc) is 2.45. The molecule has 1 aliphatic rings. The fourth-order valence-electron chi connectivity index (χ4n) is 1.97. The third kappa shape index (κ3) is 3.97. The predicted octanol–water partition coefficient (Wildman–Crippen LogP) is 1.85. The highest BCUT2D eigenvalue weighted by Gasteiger charge is 2.25. The van der Waals surface area contributed by atoms with Gasteiger partial charge in [-0.2, -0.15) is 13.2 Å². The van der Waals surface area contributed by atoms with Crippen molar-refractivity contribution in [2.24, 2.45) is 0 Å². The van der Waals surface area contributed by atoms with E-state index < -0.39 is 12.1 Å². The lowest BCUT2D eigenvalue weighted by molar-refractivity contribution is -0.127. The molecule has 0 aromatic carbocycles. The molecule has 0 radical (unpaired) electrons. The number of alkyl halides is 3. The van der Waals surface area contributed by atoms with E-state index in [-0.39, 0.29) is 6.08 Å². The van der Waals surface area contributed by atoms with Crippen LogP contribution in [-0.4, -0.2) is 48.1 Å². The lowest BCUT2D eigenvalue weighted by atomic mass is 10.3. The summed E-state index contributed by atoms with van der Waals surface area (Å²) in [5.74, 6) is 0.202. The van der Waals surface area contributed by atoms with E-state index in [0.29, 0.717) is 32.3 Å². The third-order valence-corrected chi connectivity index (χ3v) is 2.98. The standard InChI is InChI=1S/C13H14F3N3O/c14-13(15,16)5-4-12(20)19-9-7-18(8-10-19)11-3-1-2-6-17-11/h1-6H,7-10H2. The van der Waals surface area contributed by atoms with E-state index in [1.54, 1.807) is 6.20 Å². The molecule has 2 rings (SSSR count). The molecule has 2 heterocycles. The monoisotopic (exact) mass is 285 g/mol. The van der Waals surface area contributed by atoms with Gasteiger partial charge in [0.25, 0.3) is 0 Å². The van der Waals surface area contributed by atoms with Gasteiger partial charge < -0.3 is 9.80 Å². The van der Waals surface area contributed by atoms with Crippen LogP contribution < -0.4 is 4.90 Å². The van der Waals surface area contributed by atoms with Gasteiger partial charge in [0.1, 0.15) is 5.82 Å². The van der Waals surface area contributed by atoms with Crippen molar-refractivity contribution in [3.05, 3.63) is 36.5 Å². The smallest absolute Gasteiger partial charge is 0.353 e. The summed E-state index contributed by atoms with van der Waals surface area (Å²) in [7, 11) is 0. The molecule has 108 valence electrons. The molecule has 7 heteroatoms. The van der Waals surface area contributed by atoms with E-state index in [1.165, 1.54) is 4.90 Å². The Morgan fingerprint density at radius 2 is 1.90 bits per heavy atom. The van der Waals surface area contributed by atoms with Gasteiger partial charge in [-0.05, 0) is 12.1 Å². The van der Waals surface area contributed by atoms with Gasteiger partial charge in [0.05, 0.1) is 0 Å². The first-order chi connectivity index (χ1) is 9.46. The molecule has 4 nitrogen and oxygen atoms in total. The Morgan fingerprint density at radius 1 is 1.20 bits per heavy atom. The fourth-order valence-corrected chi connectivity index (χ4v) is 1.97. The van der Waals surface area contributed by atoms with Crippen LogP contribution in [0.1, 0.15) is 0 Å². The minimum Gasteiger partial charge on any atom is -0.353 e. The first-order valence-electron chi connectivity index (χ1n) is 6.16. The minimum absolute atomic E-state index is 0.0273.